The minimum absolute atomic E-state index is 0.00200. The number of carbonyl (C=O) groups excluding carboxylic acids is 1. The molecule has 0 heterocycles. The van der Waals surface area contributed by atoms with Gasteiger partial charge in [-0.15, -0.1) is 0 Å². The van der Waals surface area contributed by atoms with Gasteiger partial charge < -0.3 is 20.3 Å². The third kappa shape index (κ3) is 6.50. The van der Waals surface area contributed by atoms with Gasteiger partial charge in [-0.05, 0) is 32.8 Å². The zero-order valence-electron chi connectivity index (χ0n) is 13.4. The number of carbonyl (C=O) groups is 1. The van der Waals surface area contributed by atoms with Crippen molar-refractivity contribution >= 4 is 6.09 Å². The maximum atomic E-state index is 12.9. The maximum absolute atomic E-state index is 12.9. The summed E-state index contributed by atoms with van der Waals surface area (Å²) in [6, 6.07) is 5.50. The van der Waals surface area contributed by atoms with Crippen LogP contribution < -0.4 is 5.32 Å². The minimum Gasteiger partial charge on any atom is -0.444 e. The van der Waals surface area contributed by atoms with Gasteiger partial charge in [-0.2, -0.15) is 0 Å². The molecular weight excluding hydrogens is 308 g/mol. The van der Waals surface area contributed by atoms with Gasteiger partial charge >= 0.3 is 6.09 Å². The lowest BCUT2D eigenvalue weighted by molar-refractivity contribution is 0.00991. The molecule has 0 saturated carbocycles. The standard InChI is InChI=1S/C16H23F2NO4/c1-16(2,3)23-15(22)19-9-8-12(20)13(21)10-6-4-5-7-11(10)14(17)18/h4-7,12-14,20-21H,8-9H2,1-3H3,(H,19,22). The van der Waals surface area contributed by atoms with Gasteiger partial charge in [0.2, 0.25) is 0 Å². The van der Waals surface area contributed by atoms with E-state index in [1.807, 2.05) is 0 Å². The number of nitrogens with one attached hydrogen (secondary N) is 1. The first-order valence-corrected chi connectivity index (χ1v) is 7.32. The number of amides is 1. The molecule has 0 bridgehead atoms. The highest BCUT2D eigenvalue weighted by Crippen LogP contribution is 2.29. The normalized spacial score (nSPS) is 14.4. The highest BCUT2D eigenvalue weighted by molar-refractivity contribution is 5.67. The number of aliphatic hydroxyl groups is 2. The largest absolute Gasteiger partial charge is 0.444 e. The monoisotopic (exact) mass is 331 g/mol. The molecule has 0 radical (unpaired) electrons. The first-order valence-electron chi connectivity index (χ1n) is 7.32. The van der Waals surface area contributed by atoms with E-state index in [1.54, 1.807) is 20.8 Å². The molecule has 0 fully saturated rings. The molecule has 1 aromatic rings. The lowest BCUT2D eigenvalue weighted by Gasteiger charge is -2.22. The number of aliphatic hydroxyl groups excluding tert-OH is 2. The Hall–Kier alpha value is -1.73. The van der Waals surface area contributed by atoms with Crippen molar-refractivity contribution in [3.05, 3.63) is 35.4 Å². The summed E-state index contributed by atoms with van der Waals surface area (Å²) in [5.41, 5.74) is -0.982. The van der Waals surface area contributed by atoms with Crippen molar-refractivity contribution in [3.8, 4) is 0 Å². The minimum atomic E-state index is -2.74. The van der Waals surface area contributed by atoms with E-state index in [1.165, 1.54) is 24.3 Å². The molecule has 1 aromatic carbocycles. The van der Waals surface area contributed by atoms with Crippen molar-refractivity contribution in [2.24, 2.45) is 0 Å². The Morgan fingerprint density at radius 1 is 1.22 bits per heavy atom. The van der Waals surface area contributed by atoms with Gasteiger partial charge in [0.05, 0.1) is 6.10 Å². The van der Waals surface area contributed by atoms with Crippen molar-refractivity contribution in [2.75, 3.05) is 6.54 Å². The predicted octanol–water partition coefficient (Wildman–Crippen LogP) is 2.93. The molecule has 2 atom stereocenters. The number of alkyl halides is 2. The molecule has 0 aliphatic heterocycles. The highest BCUT2D eigenvalue weighted by Gasteiger charge is 2.24. The van der Waals surface area contributed by atoms with Gasteiger partial charge in [0, 0.05) is 12.1 Å². The Balaban J connectivity index is 2.55. The van der Waals surface area contributed by atoms with E-state index in [0.717, 1.165) is 0 Å². The van der Waals surface area contributed by atoms with Crippen LogP contribution in [-0.2, 0) is 4.74 Å². The average molecular weight is 331 g/mol. The molecule has 1 amide bonds. The molecule has 0 aliphatic rings. The van der Waals surface area contributed by atoms with Gasteiger partial charge in [0.25, 0.3) is 6.43 Å². The number of hydrogen-bond acceptors (Lipinski definition) is 4. The van der Waals surface area contributed by atoms with Crippen LogP contribution in [0.3, 0.4) is 0 Å². The number of halogens is 2. The number of benzene rings is 1. The van der Waals surface area contributed by atoms with Crippen LogP contribution in [0.2, 0.25) is 0 Å². The predicted molar refractivity (Wildman–Crippen MR) is 81.2 cm³/mol. The first-order chi connectivity index (χ1) is 10.6. The first kappa shape index (κ1) is 19.3. The second-order valence-corrected chi connectivity index (χ2v) is 6.16. The molecule has 5 nitrogen and oxygen atoms in total. The van der Waals surface area contributed by atoms with Crippen molar-refractivity contribution in [3.63, 3.8) is 0 Å². The summed E-state index contributed by atoms with van der Waals surface area (Å²) in [4.78, 5) is 11.4. The summed E-state index contributed by atoms with van der Waals surface area (Å²) in [7, 11) is 0. The highest BCUT2D eigenvalue weighted by atomic mass is 19.3. The van der Waals surface area contributed by atoms with Crippen LogP contribution in [0, 0.1) is 0 Å². The SMILES string of the molecule is CC(C)(C)OC(=O)NCCC(O)C(O)c1ccccc1C(F)F. The van der Waals surface area contributed by atoms with Crippen molar-refractivity contribution in [1.29, 1.82) is 0 Å². The third-order valence-corrected chi connectivity index (χ3v) is 3.02. The van der Waals surface area contributed by atoms with Gasteiger partial charge in [-0.25, -0.2) is 13.6 Å². The van der Waals surface area contributed by atoms with Gasteiger partial charge in [-0.3, -0.25) is 0 Å². The summed E-state index contributed by atoms with van der Waals surface area (Å²) in [5.74, 6) is 0. The number of ether oxygens (including phenoxy) is 1. The Morgan fingerprint density at radius 3 is 2.30 bits per heavy atom. The average Bonchev–Trinajstić information content (AvgIpc) is 2.44. The summed E-state index contributed by atoms with van der Waals surface area (Å²) < 4.78 is 30.8. The Morgan fingerprint density at radius 2 is 1.78 bits per heavy atom. The van der Waals surface area contributed by atoms with Crippen LogP contribution in [-0.4, -0.2) is 34.6 Å². The van der Waals surface area contributed by atoms with E-state index in [4.69, 9.17) is 4.74 Å². The zero-order chi connectivity index (χ0) is 17.6. The second kappa shape index (κ2) is 8.21. The molecule has 0 aliphatic carbocycles. The molecule has 0 spiro atoms. The molecule has 130 valence electrons. The zero-order valence-corrected chi connectivity index (χ0v) is 13.4. The second-order valence-electron chi connectivity index (χ2n) is 6.16. The molecule has 7 heteroatoms. The molecule has 1 rings (SSSR count). The smallest absolute Gasteiger partial charge is 0.407 e. The van der Waals surface area contributed by atoms with Gasteiger partial charge in [0.1, 0.15) is 11.7 Å². The summed E-state index contributed by atoms with van der Waals surface area (Å²) in [6.07, 6.45) is -6.14. The fourth-order valence-electron chi connectivity index (χ4n) is 1.98. The Kier molecular flexibility index (Phi) is 6.90. The van der Waals surface area contributed by atoms with E-state index in [0.29, 0.717) is 0 Å². The van der Waals surface area contributed by atoms with Crippen LogP contribution >= 0.6 is 0 Å². The van der Waals surface area contributed by atoms with Crippen molar-refractivity contribution in [1.82, 2.24) is 5.32 Å². The van der Waals surface area contributed by atoms with Crippen LogP contribution in [0.25, 0.3) is 0 Å². The molecule has 2 unspecified atom stereocenters. The van der Waals surface area contributed by atoms with Gasteiger partial charge in [0.15, 0.2) is 0 Å². The fraction of sp³-hybridized carbons (Fsp3) is 0.562. The summed E-state index contributed by atoms with van der Waals surface area (Å²) >= 11 is 0. The van der Waals surface area contributed by atoms with Crippen molar-refractivity contribution in [2.45, 2.75) is 51.4 Å². The van der Waals surface area contributed by atoms with E-state index < -0.39 is 30.3 Å². The van der Waals surface area contributed by atoms with E-state index >= 15 is 0 Å². The maximum Gasteiger partial charge on any atom is 0.407 e. The third-order valence-electron chi connectivity index (χ3n) is 3.02. The van der Waals surface area contributed by atoms with Crippen LogP contribution in [0.1, 0.15) is 50.8 Å². The molecule has 0 aromatic heterocycles. The lowest BCUT2D eigenvalue weighted by atomic mass is 9.97. The molecule has 23 heavy (non-hydrogen) atoms. The topological polar surface area (TPSA) is 78.8 Å². The quantitative estimate of drug-likeness (QED) is 0.749. The van der Waals surface area contributed by atoms with E-state index in [2.05, 4.69) is 5.32 Å². The molecular formula is C16H23F2NO4. The Labute approximate surface area is 134 Å². The van der Waals surface area contributed by atoms with Crippen LogP contribution in [0.15, 0.2) is 24.3 Å². The van der Waals surface area contributed by atoms with Crippen LogP contribution in [0.5, 0.6) is 0 Å². The van der Waals surface area contributed by atoms with E-state index in [9.17, 15) is 23.8 Å². The summed E-state index contributed by atoms with van der Waals surface area (Å²) in [6.45, 7) is 5.19. The van der Waals surface area contributed by atoms with Gasteiger partial charge in [-0.1, -0.05) is 24.3 Å². The van der Waals surface area contributed by atoms with Crippen molar-refractivity contribution < 1.29 is 28.5 Å². The van der Waals surface area contributed by atoms with E-state index in [-0.39, 0.29) is 24.1 Å². The number of alkyl carbamates (subject to hydrolysis) is 1. The van der Waals surface area contributed by atoms with Crippen LogP contribution in [0.4, 0.5) is 13.6 Å². The summed E-state index contributed by atoms with van der Waals surface area (Å²) in [5, 5.41) is 22.4. The number of hydrogen-bond donors (Lipinski definition) is 3. The number of rotatable bonds is 6. The molecule has 0 saturated heterocycles. The lowest BCUT2D eigenvalue weighted by Crippen LogP contribution is -2.34. The Bertz CT molecular complexity index is 517. The molecule has 3 N–H and O–H groups in total. The fourth-order valence-corrected chi connectivity index (χ4v) is 1.98.